The molecule has 5 nitrogen and oxygen atoms in total. The number of urea groups is 1. The van der Waals surface area contributed by atoms with Gasteiger partial charge in [-0.15, -0.1) is 22.7 Å². The van der Waals surface area contributed by atoms with Gasteiger partial charge in [-0.1, -0.05) is 13.8 Å². The largest absolute Gasteiger partial charge is 0.323 e. The van der Waals surface area contributed by atoms with E-state index in [1.807, 2.05) is 13.1 Å². The van der Waals surface area contributed by atoms with Crippen LogP contribution in [0.1, 0.15) is 40.7 Å². The van der Waals surface area contributed by atoms with Gasteiger partial charge in [-0.2, -0.15) is 0 Å². The first-order chi connectivity index (χ1) is 10.3. The number of fused-ring (bicyclic) bond motifs is 1. The van der Waals surface area contributed by atoms with Crippen molar-refractivity contribution >= 4 is 33.8 Å². The van der Waals surface area contributed by atoms with Gasteiger partial charge in [0.1, 0.15) is 0 Å². The first-order valence-corrected chi connectivity index (χ1v) is 8.92. The Morgan fingerprint density at radius 1 is 1.45 bits per heavy atom. The highest BCUT2D eigenvalue weighted by Gasteiger charge is 2.34. The van der Waals surface area contributed by atoms with Crippen molar-refractivity contribution in [1.29, 1.82) is 0 Å². The van der Waals surface area contributed by atoms with E-state index >= 15 is 0 Å². The van der Waals surface area contributed by atoms with Crippen LogP contribution in [0.3, 0.4) is 0 Å². The zero-order valence-electron chi connectivity index (χ0n) is 13.3. The van der Waals surface area contributed by atoms with Gasteiger partial charge in [0.15, 0.2) is 5.13 Å². The van der Waals surface area contributed by atoms with Crippen LogP contribution < -0.4 is 5.32 Å². The van der Waals surface area contributed by atoms with Crippen LogP contribution in [0.5, 0.6) is 0 Å². The first-order valence-electron chi connectivity index (χ1n) is 7.29. The van der Waals surface area contributed by atoms with Crippen molar-refractivity contribution in [3.63, 3.8) is 0 Å². The van der Waals surface area contributed by atoms with E-state index in [4.69, 9.17) is 0 Å². The van der Waals surface area contributed by atoms with Crippen molar-refractivity contribution in [3.8, 4) is 0 Å². The van der Waals surface area contributed by atoms with Gasteiger partial charge >= 0.3 is 6.03 Å². The molecule has 0 unspecified atom stereocenters. The Labute approximate surface area is 138 Å². The van der Waals surface area contributed by atoms with Crippen LogP contribution >= 0.6 is 22.7 Å². The zero-order chi connectivity index (χ0) is 15.9. The van der Waals surface area contributed by atoms with Crippen molar-refractivity contribution in [2.45, 2.75) is 45.6 Å². The van der Waals surface area contributed by atoms with Crippen molar-refractivity contribution in [1.82, 2.24) is 14.9 Å². The molecule has 2 heterocycles. The van der Waals surface area contributed by atoms with Crippen molar-refractivity contribution in [3.05, 3.63) is 26.7 Å². The Balaban J connectivity index is 1.65. The first kappa shape index (κ1) is 15.4. The second kappa shape index (κ2) is 5.62. The maximum atomic E-state index is 12.3. The van der Waals surface area contributed by atoms with E-state index in [2.05, 4.69) is 29.1 Å². The zero-order valence-corrected chi connectivity index (χ0v) is 14.9. The van der Waals surface area contributed by atoms with Gasteiger partial charge in [0, 0.05) is 28.4 Å². The predicted molar refractivity (Wildman–Crippen MR) is 90.8 cm³/mol. The van der Waals surface area contributed by atoms with Gasteiger partial charge in [0.2, 0.25) is 0 Å². The summed E-state index contributed by atoms with van der Waals surface area (Å²) in [7, 11) is 1.79. The lowest BCUT2D eigenvalue weighted by Gasteiger charge is -2.17. The molecule has 0 saturated heterocycles. The number of amides is 2. The summed E-state index contributed by atoms with van der Waals surface area (Å²) in [6.07, 6.45) is 4.02. The van der Waals surface area contributed by atoms with Gasteiger partial charge in [-0.25, -0.2) is 14.8 Å². The number of hydrogen-bond acceptors (Lipinski definition) is 5. The molecule has 0 fully saturated rings. The van der Waals surface area contributed by atoms with Crippen molar-refractivity contribution in [2.75, 3.05) is 12.4 Å². The molecule has 0 aliphatic heterocycles. The molecule has 2 aromatic rings. The van der Waals surface area contributed by atoms with E-state index in [0.29, 0.717) is 11.7 Å². The van der Waals surface area contributed by atoms with Crippen LogP contribution in [0.25, 0.3) is 0 Å². The molecule has 2 amide bonds. The van der Waals surface area contributed by atoms with Crippen LogP contribution in [0, 0.1) is 6.92 Å². The summed E-state index contributed by atoms with van der Waals surface area (Å²) in [6, 6.07) is -0.128. The van der Waals surface area contributed by atoms with E-state index in [1.165, 1.54) is 4.88 Å². The van der Waals surface area contributed by atoms with E-state index in [-0.39, 0.29) is 11.4 Å². The lowest BCUT2D eigenvalue weighted by Crippen LogP contribution is -2.30. The minimum Gasteiger partial charge on any atom is -0.322 e. The van der Waals surface area contributed by atoms with Gasteiger partial charge < -0.3 is 4.90 Å². The number of carbonyl (C=O) groups is 1. The van der Waals surface area contributed by atoms with Crippen LogP contribution in [-0.4, -0.2) is 27.9 Å². The van der Waals surface area contributed by atoms with Gasteiger partial charge in [0.25, 0.3) is 0 Å². The second-order valence-electron chi connectivity index (χ2n) is 6.31. The Bertz CT molecular complexity index is 704. The number of rotatable bonds is 3. The van der Waals surface area contributed by atoms with E-state index in [1.54, 1.807) is 34.6 Å². The molecule has 0 saturated carbocycles. The third kappa shape index (κ3) is 3.01. The summed E-state index contributed by atoms with van der Waals surface area (Å²) in [5, 5.41) is 4.63. The van der Waals surface area contributed by atoms with E-state index in [0.717, 1.165) is 28.4 Å². The average Bonchev–Trinajstić information content (AvgIpc) is 3.09. The lowest BCUT2D eigenvalue weighted by atomic mass is 9.91. The summed E-state index contributed by atoms with van der Waals surface area (Å²) < 4.78 is 0. The van der Waals surface area contributed by atoms with Gasteiger partial charge in [-0.3, -0.25) is 5.32 Å². The smallest absolute Gasteiger partial charge is 0.322 e. The Kier molecular flexibility index (Phi) is 3.94. The Hall–Kier alpha value is -1.47. The number of hydrogen-bond donors (Lipinski definition) is 1. The molecule has 0 bridgehead atoms. The summed E-state index contributed by atoms with van der Waals surface area (Å²) in [6.45, 7) is 6.95. The second-order valence-corrected chi connectivity index (χ2v) is 8.71. The highest BCUT2D eigenvalue weighted by Crippen LogP contribution is 2.42. The fraction of sp³-hybridized carbons (Fsp3) is 0.533. The van der Waals surface area contributed by atoms with Crippen LogP contribution in [0.4, 0.5) is 9.93 Å². The third-order valence-corrected chi connectivity index (χ3v) is 5.87. The minimum absolute atomic E-state index is 0.126. The number of nitrogens with zero attached hydrogens (tertiary/aromatic N) is 3. The van der Waals surface area contributed by atoms with Crippen LogP contribution in [-0.2, 0) is 18.4 Å². The van der Waals surface area contributed by atoms with Crippen molar-refractivity contribution < 1.29 is 4.79 Å². The average molecular weight is 336 g/mol. The molecular formula is C15H20N4OS2. The van der Waals surface area contributed by atoms with Crippen LogP contribution in [0.15, 0.2) is 6.20 Å². The molecule has 7 heteroatoms. The topological polar surface area (TPSA) is 58.1 Å². The van der Waals surface area contributed by atoms with E-state index < -0.39 is 0 Å². The molecule has 22 heavy (non-hydrogen) atoms. The Morgan fingerprint density at radius 2 is 2.23 bits per heavy atom. The monoisotopic (exact) mass is 336 g/mol. The maximum absolute atomic E-state index is 12.3. The molecule has 118 valence electrons. The predicted octanol–water partition coefficient (Wildman–Crippen LogP) is 3.80. The lowest BCUT2D eigenvalue weighted by molar-refractivity contribution is 0.221. The highest BCUT2D eigenvalue weighted by atomic mass is 32.1. The number of aromatic nitrogens is 2. The number of nitrogens with one attached hydrogen (secondary N) is 1. The number of carbonyl (C=O) groups excluding carboxylic acids is 1. The number of aryl methyl sites for hydroxylation is 2. The molecule has 0 atom stereocenters. The fourth-order valence-electron chi connectivity index (χ4n) is 2.62. The summed E-state index contributed by atoms with van der Waals surface area (Å²) in [5.74, 6) is 0. The standard InChI is InChI=1S/C15H20N4OS2/c1-9-16-7-10(21-9)8-19(4)14(20)18-13-17-12-11(22-13)5-6-15(12,2)3/h7H,5-6,8H2,1-4H3,(H,17,18,20). The number of thiazole rings is 2. The molecule has 1 N–H and O–H groups in total. The molecule has 2 aromatic heterocycles. The van der Waals surface area contributed by atoms with Crippen LogP contribution in [0.2, 0.25) is 0 Å². The van der Waals surface area contributed by atoms with Gasteiger partial charge in [-0.05, 0) is 19.8 Å². The normalized spacial score (nSPS) is 15.6. The minimum atomic E-state index is -0.128. The molecule has 1 aliphatic carbocycles. The summed E-state index contributed by atoms with van der Waals surface area (Å²) in [4.78, 5) is 25.2. The molecule has 1 aliphatic rings. The highest BCUT2D eigenvalue weighted by molar-refractivity contribution is 7.16. The molecule has 0 spiro atoms. The molecule has 0 aromatic carbocycles. The SMILES string of the molecule is Cc1ncc(CN(C)C(=O)Nc2nc3c(s2)CCC3(C)C)s1. The van der Waals surface area contributed by atoms with Gasteiger partial charge in [0.05, 0.1) is 17.2 Å². The Morgan fingerprint density at radius 3 is 2.86 bits per heavy atom. The fourth-order valence-corrected chi connectivity index (χ4v) is 4.60. The molecule has 3 rings (SSSR count). The quantitative estimate of drug-likeness (QED) is 0.927. The summed E-state index contributed by atoms with van der Waals surface area (Å²) >= 11 is 3.21. The van der Waals surface area contributed by atoms with E-state index in [9.17, 15) is 4.79 Å². The third-order valence-electron chi connectivity index (χ3n) is 3.94. The molecule has 0 radical (unpaired) electrons. The molecular weight excluding hydrogens is 316 g/mol. The number of anilines is 1. The maximum Gasteiger partial charge on any atom is 0.323 e. The van der Waals surface area contributed by atoms with Crippen molar-refractivity contribution in [2.24, 2.45) is 0 Å². The summed E-state index contributed by atoms with van der Waals surface area (Å²) in [5.41, 5.74) is 1.27.